The molecule has 0 aromatic heterocycles. The van der Waals surface area contributed by atoms with Crippen LogP contribution in [0.2, 0.25) is 0 Å². The molecule has 0 unspecified atom stereocenters. The molecule has 17 heavy (non-hydrogen) atoms. The Morgan fingerprint density at radius 2 is 2.12 bits per heavy atom. The molecule has 0 aliphatic carbocycles. The van der Waals surface area contributed by atoms with Gasteiger partial charge in [0, 0.05) is 19.3 Å². The van der Waals surface area contributed by atoms with Crippen LogP contribution in [-0.2, 0) is 10.0 Å². The molecule has 4 N–H and O–H groups in total. The van der Waals surface area contributed by atoms with Crippen molar-refractivity contribution in [3.05, 3.63) is 18.2 Å². The highest BCUT2D eigenvalue weighted by atomic mass is 32.2. The van der Waals surface area contributed by atoms with Gasteiger partial charge in [-0.1, -0.05) is 0 Å². The van der Waals surface area contributed by atoms with E-state index < -0.39 is 10.0 Å². The molecule has 0 radical (unpaired) electrons. The number of aliphatic hydroxyl groups is 1. The maximum atomic E-state index is 11.8. The van der Waals surface area contributed by atoms with Crippen LogP contribution in [0.3, 0.4) is 0 Å². The summed E-state index contributed by atoms with van der Waals surface area (Å²) in [5, 5.41) is 8.87. The molecule has 0 atom stereocenters. The van der Waals surface area contributed by atoms with E-state index in [1.807, 2.05) is 0 Å². The molecular formula is C10H17N3O3S. The third-order valence-electron chi connectivity index (χ3n) is 2.39. The van der Waals surface area contributed by atoms with Crippen LogP contribution < -0.4 is 15.4 Å². The highest BCUT2D eigenvalue weighted by Gasteiger charge is 2.19. The molecule has 0 saturated carbocycles. The summed E-state index contributed by atoms with van der Waals surface area (Å²) in [6, 6.07) is 4.64. The standard InChI is InChI=1S/C10H17N3O3S/c1-12-17(15,16)10-7-8(11)3-4-9(10)13(2)5-6-14/h3-4,7,12,14H,5-6,11H2,1-2H3. The number of sulfonamides is 1. The van der Waals surface area contributed by atoms with Crippen molar-refractivity contribution >= 4 is 21.4 Å². The zero-order chi connectivity index (χ0) is 13.1. The van der Waals surface area contributed by atoms with Crippen molar-refractivity contribution in [3.63, 3.8) is 0 Å². The second-order valence-corrected chi connectivity index (χ2v) is 5.43. The largest absolute Gasteiger partial charge is 0.399 e. The van der Waals surface area contributed by atoms with E-state index >= 15 is 0 Å². The molecule has 96 valence electrons. The van der Waals surface area contributed by atoms with Gasteiger partial charge in [0.2, 0.25) is 10.0 Å². The smallest absolute Gasteiger partial charge is 0.242 e. The number of nitrogen functional groups attached to an aromatic ring is 1. The van der Waals surface area contributed by atoms with E-state index in [0.717, 1.165) is 0 Å². The molecule has 1 aromatic rings. The average Bonchev–Trinajstić information content (AvgIpc) is 2.29. The Hall–Kier alpha value is -1.31. The Kier molecular flexibility index (Phi) is 4.33. The van der Waals surface area contributed by atoms with Gasteiger partial charge in [0.25, 0.3) is 0 Å². The molecule has 0 amide bonds. The van der Waals surface area contributed by atoms with Gasteiger partial charge >= 0.3 is 0 Å². The molecule has 0 bridgehead atoms. The van der Waals surface area contributed by atoms with Gasteiger partial charge in [-0.3, -0.25) is 0 Å². The monoisotopic (exact) mass is 259 g/mol. The van der Waals surface area contributed by atoms with Gasteiger partial charge in [0.15, 0.2) is 0 Å². The highest BCUT2D eigenvalue weighted by Crippen LogP contribution is 2.26. The summed E-state index contributed by atoms with van der Waals surface area (Å²) in [4.78, 5) is 1.76. The normalized spacial score (nSPS) is 11.5. The molecule has 7 heteroatoms. The lowest BCUT2D eigenvalue weighted by Gasteiger charge is -2.21. The van der Waals surface area contributed by atoms with Crippen molar-refractivity contribution in [1.29, 1.82) is 0 Å². The first-order chi connectivity index (χ1) is 7.92. The van der Waals surface area contributed by atoms with Crippen LogP contribution in [0.5, 0.6) is 0 Å². The van der Waals surface area contributed by atoms with E-state index in [2.05, 4.69) is 4.72 Å². The van der Waals surface area contributed by atoms with Gasteiger partial charge < -0.3 is 15.7 Å². The minimum Gasteiger partial charge on any atom is -0.399 e. The van der Waals surface area contributed by atoms with E-state index in [4.69, 9.17) is 10.8 Å². The number of nitrogens with two attached hydrogens (primary N) is 1. The topological polar surface area (TPSA) is 95.7 Å². The lowest BCUT2D eigenvalue weighted by Crippen LogP contribution is -2.26. The minimum absolute atomic E-state index is 0.0556. The number of benzene rings is 1. The molecule has 1 aromatic carbocycles. The number of aliphatic hydroxyl groups excluding tert-OH is 1. The van der Waals surface area contributed by atoms with Gasteiger partial charge in [-0.25, -0.2) is 13.1 Å². The zero-order valence-electron chi connectivity index (χ0n) is 9.84. The van der Waals surface area contributed by atoms with Gasteiger partial charge in [-0.2, -0.15) is 0 Å². The number of rotatable bonds is 5. The summed E-state index contributed by atoms with van der Waals surface area (Å²) in [6.45, 7) is 0.288. The fraction of sp³-hybridized carbons (Fsp3) is 0.400. The van der Waals surface area contributed by atoms with Crippen molar-refractivity contribution in [2.45, 2.75) is 4.90 Å². The van der Waals surface area contributed by atoms with Crippen LogP contribution in [0.25, 0.3) is 0 Å². The summed E-state index contributed by atoms with van der Waals surface area (Å²) in [7, 11) is -0.522. The number of hydrogen-bond acceptors (Lipinski definition) is 5. The number of anilines is 2. The van der Waals surface area contributed by atoms with E-state index in [-0.39, 0.29) is 11.5 Å². The molecule has 0 aliphatic rings. The summed E-state index contributed by atoms with van der Waals surface area (Å²) in [6.07, 6.45) is 0. The Balaban J connectivity index is 3.31. The van der Waals surface area contributed by atoms with Crippen LogP contribution in [0.1, 0.15) is 0 Å². The molecule has 0 heterocycles. The Labute approximate surface area is 101 Å². The third kappa shape index (κ3) is 3.09. The van der Waals surface area contributed by atoms with Gasteiger partial charge in [-0.15, -0.1) is 0 Å². The van der Waals surface area contributed by atoms with Crippen LogP contribution in [0.15, 0.2) is 23.1 Å². The third-order valence-corrected chi connectivity index (χ3v) is 3.83. The average molecular weight is 259 g/mol. The van der Waals surface area contributed by atoms with Gasteiger partial charge in [0.1, 0.15) is 4.90 Å². The number of nitrogens with zero attached hydrogens (tertiary/aromatic N) is 1. The predicted molar refractivity (Wildman–Crippen MR) is 67.5 cm³/mol. The molecule has 0 spiro atoms. The van der Waals surface area contributed by atoms with Gasteiger partial charge in [0.05, 0.1) is 12.3 Å². The summed E-state index contributed by atoms with van der Waals surface area (Å²) >= 11 is 0. The second-order valence-electron chi connectivity index (χ2n) is 3.58. The lowest BCUT2D eigenvalue weighted by atomic mass is 10.2. The van der Waals surface area contributed by atoms with Crippen molar-refractivity contribution in [1.82, 2.24) is 4.72 Å². The van der Waals surface area contributed by atoms with E-state index in [9.17, 15) is 8.42 Å². The first kappa shape index (κ1) is 13.8. The van der Waals surface area contributed by atoms with Crippen LogP contribution in [0.4, 0.5) is 11.4 Å². The van der Waals surface area contributed by atoms with Crippen LogP contribution in [-0.4, -0.2) is 40.8 Å². The summed E-state index contributed by atoms with van der Waals surface area (Å²) in [5.74, 6) is 0. The fourth-order valence-electron chi connectivity index (χ4n) is 1.44. The SMILES string of the molecule is CNS(=O)(=O)c1cc(N)ccc1N(C)CCO. The van der Waals surface area contributed by atoms with Crippen LogP contribution in [0, 0.1) is 0 Å². The maximum absolute atomic E-state index is 11.8. The number of hydrogen-bond donors (Lipinski definition) is 3. The molecule has 0 saturated heterocycles. The quantitative estimate of drug-likeness (QED) is 0.626. The summed E-state index contributed by atoms with van der Waals surface area (Å²) < 4.78 is 25.9. The molecule has 0 fully saturated rings. The van der Waals surface area contributed by atoms with E-state index in [0.29, 0.717) is 17.9 Å². The summed E-state index contributed by atoms with van der Waals surface area (Å²) in [5.41, 5.74) is 6.47. The number of nitrogens with one attached hydrogen (secondary N) is 1. The van der Waals surface area contributed by atoms with Crippen molar-refractivity contribution in [2.24, 2.45) is 0 Å². The molecule has 1 rings (SSSR count). The second kappa shape index (κ2) is 5.35. The predicted octanol–water partition coefficient (Wildman–Crippen LogP) is -0.395. The first-order valence-electron chi connectivity index (χ1n) is 5.07. The van der Waals surface area contributed by atoms with Crippen molar-refractivity contribution in [3.8, 4) is 0 Å². The number of likely N-dealkylation sites (N-methyl/N-ethyl adjacent to an activating group) is 1. The lowest BCUT2D eigenvalue weighted by molar-refractivity contribution is 0.304. The molecule has 6 nitrogen and oxygen atoms in total. The van der Waals surface area contributed by atoms with E-state index in [1.54, 1.807) is 24.1 Å². The zero-order valence-corrected chi connectivity index (χ0v) is 10.7. The molecular weight excluding hydrogens is 242 g/mol. The minimum atomic E-state index is -3.57. The fourth-order valence-corrected chi connectivity index (χ4v) is 2.45. The van der Waals surface area contributed by atoms with Crippen molar-refractivity contribution < 1.29 is 13.5 Å². The maximum Gasteiger partial charge on any atom is 0.242 e. The van der Waals surface area contributed by atoms with E-state index in [1.165, 1.54) is 13.1 Å². The first-order valence-corrected chi connectivity index (χ1v) is 6.55. The Bertz CT molecular complexity index is 488. The Morgan fingerprint density at radius 1 is 1.47 bits per heavy atom. The molecule has 0 aliphatic heterocycles. The van der Waals surface area contributed by atoms with Crippen LogP contribution >= 0.6 is 0 Å². The highest BCUT2D eigenvalue weighted by molar-refractivity contribution is 7.89. The van der Waals surface area contributed by atoms with Crippen molar-refractivity contribution in [2.75, 3.05) is 37.9 Å². The Morgan fingerprint density at radius 3 is 2.65 bits per heavy atom. The van der Waals surface area contributed by atoms with Gasteiger partial charge in [-0.05, 0) is 25.2 Å².